The van der Waals surface area contributed by atoms with Gasteiger partial charge >= 0.3 is 0 Å². The van der Waals surface area contributed by atoms with E-state index in [1.807, 2.05) is 48.5 Å². The molecule has 0 aliphatic carbocycles. The zero-order valence-corrected chi connectivity index (χ0v) is 17.1. The van der Waals surface area contributed by atoms with Crippen LogP contribution in [-0.4, -0.2) is 10.9 Å². The van der Waals surface area contributed by atoms with Gasteiger partial charge in [-0.2, -0.15) is 0 Å². The Balaban J connectivity index is 1.48. The Morgan fingerprint density at radius 1 is 1.03 bits per heavy atom. The molecule has 1 heterocycles. The van der Waals surface area contributed by atoms with Crippen LogP contribution in [0.2, 0.25) is 5.02 Å². The summed E-state index contributed by atoms with van der Waals surface area (Å²) in [7, 11) is 0. The molecule has 0 fully saturated rings. The van der Waals surface area contributed by atoms with Crippen LogP contribution in [0.5, 0.6) is 0 Å². The van der Waals surface area contributed by atoms with Crippen LogP contribution in [0.1, 0.15) is 11.1 Å². The van der Waals surface area contributed by atoms with Crippen LogP contribution in [0.4, 0.5) is 5.69 Å². The predicted octanol–water partition coefficient (Wildman–Crippen LogP) is 6.62. The van der Waals surface area contributed by atoms with Crippen molar-refractivity contribution in [2.45, 2.75) is 6.92 Å². The molecule has 1 amide bonds. The monoisotopic (exact) mass is 414 g/mol. The summed E-state index contributed by atoms with van der Waals surface area (Å²) >= 11 is 5.96. The zero-order valence-electron chi connectivity index (χ0n) is 16.3. The number of amides is 1. The Morgan fingerprint density at radius 3 is 2.57 bits per heavy atom. The van der Waals surface area contributed by atoms with Crippen molar-refractivity contribution in [3.05, 3.63) is 101 Å². The molecule has 0 atom stereocenters. The molecule has 3 aromatic carbocycles. The fourth-order valence-electron chi connectivity index (χ4n) is 3.13. The summed E-state index contributed by atoms with van der Waals surface area (Å²) in [6.45, 7) is 2.06. The van der Waals surface area contributed by atoms with Crippen molar-refractivity contribution < 1.29 is 9.21 Å². The van der Waals surface area contributed by atoms with Gasteiger partial charge in [0.2, 0.25) is 11.8 Å². The molecule has 0 saturated carbocycles. The topological polar surface area (TPSA) is 55.1 Å². The van der Waals surface area contributed by atoms with E-state index in [1.165, 1.54) is 6.08 Å². The van der Waals surface area contributed by atoms with Gasteiger partial charge in [0.05, 0.1) is 6.20 Å². The largest absolute Gasteiger partial charge is 0.445 e. The molecule has 1 N–H and O–H groups in total. The van der Waals surface area contributed by atoms with E-state index in [0.717, 1.165) is 33.5 Å². The maximum atomic E-state index is 12.2. The van der Waals surface area contributed by atoms with Crippen LogP contribution in [-0.2, 0) is 4.79 Å². The van der Waals surface area contributed by atoms with E-state index in [1.54, 1.807) is 30.7 Å². The summed E-state index contributed by atoms with van der Waals surface area (Å²) in [4.78, 5) is 16.4. The summed E-state index contributed by atoms with van der Waals surface area (Å²) in [5, 5.41) is 3.50. The molecule has 30 heavy (non-hydrogen) atoms. The number of carbonyl (C=O) groups excluding carboxylic acids is 1. The van der Waals surface area contributed by atoms with Crippen molar-refractivity contribution in [2.75, 3.05) is 5.32 Å². The highest BCUT2D eigenvalue weighted by atomic mass is 35.5. The lowest BCUT2D eigenvalue weighted by Gasteiger charge is -2.09. The fraction of sp³-hybridized carbons (Fsp3) is 0.0400. The maximum Gasteiger partial charge on any atom is 0.248 e. The second-order valence-electron chi connectivity index (χ2n) is 6.82. The number of halogens is 1. The van der Waals surface area contributed by atoms with Gasteiger partial charge < -0.3 is 9.73 Å². The number of oxazole rings is 1. The lowest BCUT2D eigenvalue weighted by molar-refractivity contribution is -0.111. The molecule has 0 radical (unpaired) electrons. The molecule has 0 saturated heterocycles. The quantitative estimate of drug-likeness (QED) is 0.373. The van der Waals surface area contributed by atoms with Gasteiger partial charge in [-0.15, -0.1) is 0 Å². The summed E-state index contributed by atoms with van der Waals surface area (Å²) in [5.74, 6) is 0.386. The molecular formula is C25H19ClN2O2. The minimum absolute atomic E-state index is 0.204. The minimum atomic E-state index is -0.204. The number of aromatic nitrogens is 1. The molecule has 4 aromatic rings. The van der Waals surface area contributed by atoms with E-state index < -0.39 is 0 Å². The van der Waals surface area contributed by atoms with Gasteiger partial charge in [0.25, 0.3) is 0 Å². The Kier molecular flexibility index (Phi) is 5.77. The molecule has 0 aliphatic rings. The summed E-state index contributed by atoms with van der Waals surface area (Å²) in [6.07, 6.45) is 6.41. The highest BCUT2D eigenvalue weighted by Gasteiger charge is 2.08. The summed E-state index contributed by atoms with van der Waals surface area (Å²) in [5.41, 5.74) is 5.80. The Labute approximate surface area is 179 Å². The number of carbonyl (C=O) groups is 1. The van der Waals surface area contributed by atoms with E-state index in [-0.39, 0.29) is 5.91 Å². The van der Waals surface area contributed by atoms with Gasteiger partial charge in [-0.25, -0.2) is 4.98 Å². The number of hydrogen-bond acceptors (Lipinski definition) is 3. The maximum absolute atomic E-state index is 12.2. The average Bonchev–Trinajstić information content (AvgIpc) is 3.28. The van der Waals surface area contributed by atoms with E-state index in [0.29, 0.717) is 10.9 Å². The molecule has 0 unspecified atom stereocenters. The summed E-state index contributed by atoms with van der Waals surface area (Å²) < 4.78 is 5.40. The van der Waals surface area contributed by atoms with Crippen molar-refractivity contribution in [3.8, 4) is 22.6 Å². The van der Waals surface area contributed by atoms with E-state index in [9.17, 15) is 4.79 Å². The average molecular weight is 415 g/mol. The first-order chi connectivity index (χ1) is 14.6. The molecule has 5 heteroatoms. The Bertz CT molecular complexity index is 1200. The lowest BCUT2D eigenvalue weighted by atomic mass is 9.98. The Morgan fingerprint density at radius 2 is 1.83 bits per heavy atom. The van der Waals surface area contributed by atoms with E-state index in [4.69, 9.17) is 16.0 Å². The highest BCUT2D eigenvalue weighted by molar-refractivity contribution is 6.30. The number of hydrogen-bond donors (Lipinski definition) is 1. The van der Waals surface area contributed by atoms with Crippen LogP contribution < -0.4 is 5.32 Å². The fourth-order valence-corrected chi connectivity index (χ4v) is 3.33. The van der Waals surface area contributed by atoms with Gasteiger partial charge in [-0.3, -0.25) is 4.79 Å². The predicted molar refractivity (Wildman–Crippen MR) is 121 cm³/mol. The zero-order chi connectivity index (χ0) is 20.9. The Hall–Kier alpha value is -3.63. The number of anilines is 1. The van der Waals surface area contributed by atoms with E-state index >= 15 is 0 Å². The molecule has 0 bridgehead atoms. The third-order valence-corrected chi connectivity index (χ3v) is 4.89. The molecule has 0 spiro atoms. The number of benzene rings is 3. The third-order valence-electron chi connectivity index (χ3n) is 4.66. The molecule has 1 aromatic heterocycles. The number of nitrogens with one attached hydrogen (secondary N) is 1. The molecule has 0 aliphatic heterocycles. The highest BCUT2D eigenvalue weighted by Crippen LogP contribution is 2.29. The number of rotatable bonds is 5. The second kappa shape index (κ2) is 8.80. The second-order valence-corrected chi connectivity index (χ2v) is 7.26. The number of aryl methyl sites for hydroxylation is 1. The van der Waals surface area contributed by atoms with Crippen molar-refractivity contribution in [1.82, 2.24) is 4.98 Å². The van der Waals surface area contributed by atoms with Crippen LogP contribution in [0.15, 0.2) is 89.7 Å². The van der Waals surface area contributed by atoms with Crippen molar-refractivity contribution in [2.24, 2.45) is 0 Å². The smallest absolute Gasteiger partial charge is 0.248 e. The van der Waals surface area contributed by atoms with Gasteiger partial charge in [0, 0.05) is 22.3 Å². The van der Waals surface area contributed by atoms with Gasteiger partial charge in [0.1, 0.15) is 6.26 Å². The van der Waals surface area contributed by atoms with Crippen LogP contribution in [0, 0.1) is 6.92 Å². The first-order valence-corrected chi connectivity index (χ1v) is 9.82. The van der Waals surface area contributed by atoms with Gasteiger partial charge in [0.15, 0.2) is 0 Å². The van der Waals surface area contributed by atoms with Crippen LogP contribution in [0.3, 0.4) is 0 Å². The first kappa shape index (κ1) is 19.7. The first-order valence-electron chi connectivity index (χ1n) is 9.44. The van der Waals surface area contributed by atoms with Crippen molar-refractivity contribution in [1.29, 1.82) is 0 Å². The van der Waals surface area contributed by atoms with E-state index in [2.05, 4.69) is 23.3 Å². The van der Waals surface area contributed by atoms with Crippen LogP contribution in [0.25, 0.3) is 28.7 Å². The normalized spacial score (nSPS) is 11.0. The molecule has 4 nitrogen and oxygen atoms in total. The standard InChI is InChI=1S/C25H19ClN2O2/c1-17-5-7-20(25-27-13-14-30-25)16-23(17)19-8-10-22(11-9-19)28-24(29)12-6-18-3-2-4-21(26)15-18/h2-16H,1H3,(H,28,29)/b12-6+. The van der Waals surface area contributed by atoms with Gasteiger partial charge in [-0.1, -0.05) is 41.9 Å². The number of nitrogens with zero attached hydrogens (tertiary/aromatic N) is 1. The third kappa shape index (κ3) is 4.67. The van der Waals surface area contributed by atoms with Crippen LogP contribution >= 0.6 is 11.6 Å². The van der Waals surface area contributed by atoms with Crippen molar-refractivity contribution in [3.63, 3.8) is 0 Å². The van der Waals surface area contributed by atoms with Crippen molar-refractivity contribution >= 4 is 29.3 Å². The minimum Gasteiger partial charge on any atom is -0.445 e. The SMILES string of the molecule is Cc1ccc(-c2ncco2)cc1-c1ccc(NC(=O)/C=C/c2cccc(Cl)c2)cc1. The molecule has 4 rings (SSSR count). The summed E-state index contributed by atoms with van der Waals surface area (Å²) in [6, 6.07) is 21.2. The molecule has 148 valence electrons. The molecular weight excluding hydrogens is 396 g/mol. The lowest BCUT2D eigenvalue weighted by Crippen LogP contribution is -2.07. The van der Waals surface area contributed by atoms with Gasteiger partial charge in [-0.05, 0) is 71.7 Å².